The Kier molecular flexibility index (Phi) is 5.73. The number of nitrogens with zero attached hydrogens (tertiary/aromatic N) is 1. The Bertz CT molecular complexity index is 620. The molecule has 0 atom stereocenters. The number of aryl methyl sites for hydroxylation is 2. The van der Waals surface area contributed by atoms with Gasteiger partial charge in [-0.3, -0.25) is 4.79 Å². The molecule has 2 aromatic carbocycles. The molecule has 0 aliphatic heterocycles. The Morgan fingerprint density at radius 2 is 1.77 bits per heavy atom. The van der Waals surface area contributed by atoms with Crippen LogP contribution in [0.2, 0.25) is 0 Å². The van der Waals surface area contributed by atoms with Crippen LogP contribution in [0.4, 0.5) is 5.69 Å². The van der Waals surface area contributed by atoms with Crippen molar-refractivity contribution in [2.75, 3.05) is 18.0 Å². The molecule has 0 heterocycles. The van der Waals surface area contributed by atoms with Crippen LogP contribution in [-0.4, -0.2) is 19.0 Å². The molecule has 0 aliphatic carbocycles. The SMILES string of the molecule is CCN(C(=O)CNCc1ccc(C)cc1)c1cccc(C)c1. The molecule has 0 saturated heterocycles. The molecule has 116 valence electrons. The van der Waals surface area contributed by atoms with Gasteiger partial charge >= 0.3 is 0 Å². The second-order valence-electron chi connectivity index (χ2n) is 5.57. The van der Waals surface area contributed by atoms with Crippen LogP contribution in [0, 0.1) is 13.8 Å². The Labute approximate surface area is 133 Å². The molecular weight excluding hydrogens is 272 g/mol. The third kappa shape index (κ3) is 4.43. The fraction of sp³-hybridized carbons (Fsp3) is 0.316. The summed E-state index contributed by atoms with van der Waals surface area (Å²) in [4.78, 5) is 14.2. The van der Waals surface area contributed by atoms with Gasteiger partial charge in [-0.05, 0) is 44.0 Å². The second-order valence-corrected chi connectivity index (χ2v) is 5.57. The third-order valence-corrected chi connectivity index (χ3v) is 3.66. The first kappa shape index (κ1) is 16.2. The highest BCUT2D eigenvalue weighted by Crippen LogP contribution is 2.15. The van der Waals surface area contributed by atoms with Crippen LogP contribution in [0.25, 0.3) is 0 Å². The molecule has 0 saturated carbocycles. The molecule has 2 aromatic rings. The minimum Gasteiger partial charge on any atom is -0.312 e. The van der Waals surface area contributed by atoms with E-state index < -0.39 is 0 Å². The Morgan fingerprint density at radius 3 is 2.41 bits per heavy atom. The molecule has 1 N–H and O–H groups in total. The number of benzene rings is 2. The smallest absolute Gasteiger partial charge is 0.240 e. The van der Waals surface area contributed by atoms with Crippen molar-refractivity contribution in [3.63, 3.8) is 0 Å². The number of anilines is 1. The van der Waals surface area contributed by atoms with Crippen LogP contribution in [0.3, 0.4) is 0 Å². The zero-order valence-corrected chi connectivity index (χ0v) is 13.6. The Hall–Kier alpha value is -2.13. The average molecular weight is 296 g/mol. The lowest BCUT2D eigenvalue weighted by Gasteiger charge is -2.21. The lowest BCUT2D eigenvalue weighted by molar-refractivity contribution is -0.117. The lowest BCUT2D eigenvalue weighted by Crippen LogP contribution is -2.38. The first-order chi connectivity index (χ1) is 10.6. The summed E-state index contributed by atoms with van der Waals surface area (Å²) in [6.45, 7) is 7.83. The van der Waals surface area contributed by atoms with Crippen molar-refractivity contribution in [2.24, 2.45) is 0 Å². The molecule has 0 aliphatic rings. The summed E-state index contributed by atoms with van der Waals surface area (Å²) in [6, 6.07) is 16.4. The van der Waals surface area contributed by atoms with E-state index in [0.717, 1.165) is 11.3 Å². The number of carbonyl (C=O) groups is 1. The highest BCUT2D eigenvalue weighted by molar-refractivity contribution is 5.94. The fourth-order valence-corrected chi connectivity index (χ4v) is 2.41. The highest BCUT2D eigenvalue weighted by Gasteiger charge is 2.13. The van der Waals surface area contributed by atoms with Crippen molar-refractivity contribution >= 4 is 11.6 Å². The molecule has 3 heteroatoms. The molecule has 3 nitrogen and oxygen atoms in total. The number of hydrogen-bond acceptors (Lipinski definition) is 2. The molecule has 0 bridgehead atoms. The van der Waals surface area contributed by atoms with E-state index in [1.54, 1.807) is 0 Å². The van der Waals surface area contributed by atoms with Gasteiger partial charge in [0.15, 0.2) is 0 Å². The van der Waals surface area contributed by atoms with Crippen molar-refractivity contribution in [3.05, 3.63) is 65.2 Å². The molecule has 0 radical (unpaired) electrons. The summed E-state index contributed by atoms with van der Waals surface area (Å²) in [7, 11) is 0. The van der Waals surface area contributed by atoms with Gasteiger partial charge in [-0.25, -0.2) is 0 Å². The topological polar surface area (TPSA) is 32.3 Å². The van der Waals surface area contributed by atoms with Crippen molar-refractivity contribution < 1.29 is 4.79 Å². The summed E-state index contributed by atoms with van der Waals surface area (Å²) in [6.07, 6.45) is 0. The molecule has 22 heavy (non-hydrogen) atoms. The summed E-state index contributed by atoms with van der Waals surface area (Å²) in [5.74, 6) is 0.0974. The van der Waals surface area contributed by atoms with E-state index in [9.17, 15) is 4.79 Å². The maximum Gasteiger partial charge on any atom is 0.240 e. The van der Waals surface area contributed by atoms with Gasteiger partial charge in [0, 0.05) is 18.8 Å². The minimum atomic E-state index is 0.0974. The van der Waals surface area contributed by atoms with Gasteiger partial charge in [0.1, 0.15) is 0 Å². The van der Waals surface area contributed by atoms with Crippen molar-refractivity contribution in [1.82, 2.24) is 5.32 Å². The van der Waals surface area contributed by atoms with E-state index in [1.165, 1.54) is 11.1 Å². The predicted octanol–water partition coefficient (Wildman–Crippen LogP) is 3.45. The first-order valence-electron chi connectivity index (χ1n) is 7.73. The Morgan fingerprint density at radius 1 is 1.05 bits per heavy atom. The van der Waals surface area contributed by atoms with Crippen molar-refractivity contribution in [1.29, 1.82) is 0 Å². The predicted molar refractivity (Wildman–Crippen MR) is 92.1 cm³/mol. The van der Waals surface area contributed by atoms with E-state index in [-0.39, 0.29) is 5.91 Å². The summed E-state index contributed by atoms with van der Waals surface area (Å²) < 4.78 is 0. The molecule has 2 rings (SSSR count). The zero-order chi connectivity index (χ0) is 15.9. The first-order valence-corrected chi connectivity index (χ1v) is 7.73. The molecular formula is C19H24N2O. The second kappa shape index (κ2) is 7.76. The normalized spacial score (nSPS) is 10.5. The van der Waals surface area contributed by atoms with Crippen molar-refractivity contribution in [3.8, 4) is 0 Å². The van der Waals surface area contributed by atoms with Gasteiger partial charge in [0.2, 0.25) is 5.91 Å². The van der Waals surface area contributed by atoms with Gasteiger partial charge in [-0.15, -0.1) is 0 Å². The third-order valence-electron chi connectivity index (χ3n) is 3.66. The number of nitrogens with one attached hydrogen (secondary N) is 1. The van der Waals surface area contributed by atoms with Crippen LogP contribution in [0.5, 0.6) is 0 Å². The summed E-state index contributed by atoms with van der Waals surface area (Å²) >= 11 is 0. The van der Waals surface area contributed by atoms with Crippen LogP contribution in [-0.2, 0) is 11.3 Å². The maximum absolute atomic E-state index is 12.4. The molecule has 0 spiro atoms. The van der Waals surface area contributed by atoms with Gasteiger partial charge in [-0.2, -0.15) is 0 Å². The highest BCUT2D eigenvalue weighted by atomic mass is 16.2. The largest absolute Gasteiger partial charge is 0.312 e. The summed E-state index contributed by atoms with van der Waals surface area (Å²) in [5, 5.41) is 3.23. The standard InChI is InChI=1S/C19H24N2O/c1-4-21(18-7-5-6-16(3)12-18)19(22)14-20-13-17-10-8-15(2)9-11-17/h5-12,20H,4,13-14H2,1-3H3. The molecule has 0 aromatic heterocycles. The van der Waals surface area contributed by atoms with Gasteiger partial charge in [0.05, 0.1) is 6.54 Å². The van der Waals surface area contributed by atoms with Gasteiger partial charge < -0.3 is 10.2 Å². The minimum absolute atomic E-state index is 0.0974. The average Bonchev–Trinajstić information content (AvgIpc) is 2.50. The number of rotatable bonds is 6. The summed E-state index contributed by atoms with van der Waals surface area (Å²) in [5.41, 5.74) is 4.56. The molecule has 0 unspecified atom stereocenters. The van der Waals surface area contributed by atoms with Crippen molar-refractivity contribution in [2.45, 2.75) is 27.3 Å². The van der Waals surface area contributed by atoms with E-state index >= 15 is 0 Å². The zero-order valence-electron chi connectivity index (χ0n) is 13.6. The molecule has 0 fully saturated rings. The van der Waals surface area contributed by atoms with Gasteiger partial charge in [-0.1, -0.05) is 42.0 Å². The van der Waals surface area contributed by atoms with E-state index in [4.69, 9.17) is 0 Å². The van der Waals surface area contributed by atoms with E-state index in [2.05, 4.69) is 36.5 Å². The van der Waals surface area contributed by atoms with Crippen LogP contribution in [0.1, 0.15) is 23.6 Å². The fourth-order valence-electron chi connectivity index (χ4n) is 2.41. The number of hydrogen-bond donors (Lipinski definition) is 1. The Balaban J connectivity index is 1.91. The number of carbonyl (C=O) groups excluding carboxylic acids is 1. The number of likely N-dealkylation sites (N-methyl/N-ethyl adjacent to an activating group) is 1. The van der Waals surface area contributed by atoms with Crippen LogP contribution in [0.15, 0.2) is 48.5 Å². The maximum atomic E-state index is 12.4. The van der Waals surface area contributed by atoms with E-state index in [1.807, 2.05) is 43.0 Å². The van der Waals surface area contributed by atoms with Gasteiger partial charge in [0.25, 0.3) is 0 Å². The van der Waals surface area contributed by atoms with E-state index in [0.29, 0.717) is 19.6 Å². The lowest BCUT2D eigenvalue weighted by atomic mass is 10.1. The number of amides is 1. The van der Waals surface area contributed by atoms with Crippen LogP contribution < -0.4 is 10.2 Å². The van der Waals surface area contributed by atoms with Crippen LogP contribution >= 0.6 is 0 Å². The quantitative estimate of drug-likeness (QED) is 0.885. The molecule has 1 amide bonds. The monoisotopic (exact) mass is 296 g/mol.